The van der Waals surface area contributed by atoms with E-state index in [2.05, 4.69) is 14.8 Å². The van der Waals surface area contributed by atoms with Crippen LogP contribution in [0.25, 0.3) is 5.69 Å². The Hall–Kier alpha value is -4.11. The van der Waals surface area contributed by atoms with E-state index in [0.29, 0.717) is 28.4 Å². The third-order valence-electron chi connectivity index (χ3n) is 5.23. The van der Waals surface area contributed by atoms with Gasteiger partial charge in [-0.15, -0.1) is 0 Å². The molecule has 1 heterocycles. The molecule has 0 amide bonds. The lowest BCUT2D eigenvalue weighted by Crippen LogP contribution is -2.17. The Morgan fingerprint density at radius 2 is 1.71 bits per heavy atom. The predicted octanol–water partition coefficient (Wildman–Crippen LogP) is 4.34. The van der Waals surface area contributed by atoms with E-state index in [1.807, 2.05) is 49.4 Å². The van der Waals surface area contributed by atoms with E-state index in [0.717, 1.165) is 5.56 Å². The number of nitrogens with zero attached hydrogens (tertiary/aromatic N) is 2. The van der Waals surface area contributed by atoms with Crippen LogP contribution in [0.5, 0.6) is 5.75 Å². The van der Waals surface area contributed by atoms with E-state index in [1.54, 1.807) is 19.1 Å². The molecule has 0 radical (unpaired) electrons. The second-order valence-corrected chi connectivity index (χ2v) is 9.37. The van der Waals surface area contributed by atoms with Crippen LogP contribution in [0.2, 0.25) is 0 Å². The molecule has 174 valence electrons. The quantitative estimate of drug-likeness (QED) is 0.387. The van der Waals surface area contributed by atoms with Crippen molar-refractivity contribution in [2.24, 2.45) is 4.99 Å². The molecule has 0 bridgehead atoms. The minimum atomic E-state index is -3.86. The largest absolute Gasteiger partial charge is 0.494 e. The van der Waals surface area contributed by atoms with Crippen LogP contribution in [0.4, 0.5) is 11.4 Å². The smallest absolute Gasteiger partial charge is 0.280 e. The van der Waals surface area contributed by atoms with Gasteiger partial charge < -0.3 is 4.74 Å². The Labute approximate surface area is 197 Å². The predicted molar refractivity (Wildman–Crippen MR) is 133 cm³/mol. The molecule has 0 saturated carbocycles. The third kappa shape index (κ3) is 4.79. The molecule has 9 heteroatoms. The Morgan fingerprint density at radius 3 is 2.38 bits per heavy atom. The fraction of sp³-hybridized carbons (Fsp3) is 0.120. The maximum atomic E-state index is 12.9. The first-order chi connectivity index (χ1) is 16.3. The summed E-state index contributed by atoms with van der Waals surface area (Å²) in [6.07, 6.45) is 1.41. The highest BCUT2D eigenvalue weighted by atomic mass is 32.2. The molecule has 0 saturated heterocycles. The number of nitrogens with one attached hydrogen (secondary N) is 2. The highest BCUT2D eigenvalue weighted by molar-refractivity contribution is 7.92. The number of hydrogen-bond acceptors (Lipinski definition) is 5. The number of methoxy groups -OCH3 is 1. The van der Waals surface area contributed by atoms with Crippen molar-refractivity contribution in [3.05, 3.63) is 100.0 Å². The van der Waals surface area contributed by atoms with E-state index >= 15 is 0 Å². The molecule has 0 aliphatic carbocycles. The zero-order valence-corrected chi connectivity index (χ0v) is 19.8. The third-order valence-corrected chi connectivity index (χ3v) is 6.61. The highest BCUT2D eigenvalue weighted by Gasteiger charge is 2.17. The summed E-state index contributed by atoms with van der Waals surface area (Å²) in [7, 11) is -2.39. The fourth-order valence-electron chi connectivity index (χ4n) is 3.38. The minimum absolute atomic E-state index is 0.0218. The van der Waals surface area contributed by atoms with E-state index in [1.165, 1.54) is 36.2 Å². The molecule has 34 heavy (non-hydrogen) atoms. The maximum absolute atomic E-state index is 12.9. The summed E-state index contributed by atoms with van der Waals surface area (Å²) < 4.78 is 35.2. The number of aromatic nitrogens is 2. The van der Waals surface area contributed by atoms with Gasteiger partial charge in [0.1, 0.15) is 11.4 Å². The number of rotatable bonds is 7. The van der Waals surface area contributed by atoms with Crippen molar-refractivity contribution in [2.45, 2.75) is 18.7 Å². The number of benzene rings is 3. The van der Waals surface area contributed by atoms with Gasteiger partial charge in [-0.25, -0.2) is 13.1 Å². The molecule has 1 aromatic heterocycles. The molecular formula is C25H24N4O4S. The first-order valence-corrected chi connectivity index (χ1v) is 12.0. The molecule has 8 nitrogen and oxygen atoms in total. The molecule has 0 fully saturated rings. The highest BCUT2D eigenvalue weighted by Crippen LogP contribution is 2.31. The van der Waals surface area contributed by atoms with Crippen LogP contribution in [0.15, 0.2) is 87.5 Å². The van der Waals surface area contributed by atoms with Crippen molar-refractivity contribution >= 4 is 27.6 Å². The van der Waals surface area contributed by atoms with Crippen LogP contribution in [0.3, 0.4) is 0 Å². The Bertz CT molecular complexity index is 1500. The van der Waals surface area contributed by atoms with E-state index in [4.69, 9.17) is 4.74 Å². The Morgan fingerprint density at radius 1 is 1.00 bits per heavy atom. The number of aromatic amines is 1. The van der Waals surface area contributed by atoms with Crippen LogP contribution in [-0.4, -0.2) is 31.5 Å². The van der Waals surface area contributed by atoms with Crippen molar-refractivity contribution in [3.63, 3.8) is 0 Å². The SMILES string of the molecule is COc1ccc(S(=O)(=O)Nc2ccc(C)cc2)cc1N=Cc1c(C)[nH]n(-c2ccccc2)c1=O. The van der Waals surface area contributed by atoms with Gasteiger partial charge >= 0.3 is 0 Å². The minimum Gasteiger partial charge on any atom is -0.494 e. The fourth-order valence-corrected chi connectivity index (χ4v) is 4.46. The summed E-state index contributed by atoms with van der Waals surface area (Å²) >= 11 is 0. The lowest BCUT2D eigenvalue weighted by atomic mass is 10.2. The second-order valence-electron chi connectivity index (χ2n) is 7.69. The zero-order valence-electron chi connectivity index (χ0n) is 18.9. The summed E-state index contributed by atoms with van der Waals surface area (Å²) in [5, 5.41) is 3.04. The maximum Gasteiger partial charge on any atom is 0.280 e. The zero-order chi connectivity index (χ0) is 24.3. The van der Waals surface area contributed by atoms with Crippen LogP contribution in [-0.2, 0) is 10.0 Å². The Balaban J connectivity index is 1.68. The number of para-hydroxylation sites is 1. The average molecular weight is 477 g/mol. The normalized spacial score (nSPS) is 11.6. The number of H-pyrrole nitrogens is 1. The van der Waals surface area contributed by atoms with Crippen molar-refractivity contribution in [1.82, 2.24) is 9.78 Å². The molecule has 2 N–H and O–H groups in total. The summed E-state index contributed by atoms with van der Waals surface area (Å²) in [6, 6.07) is 20.6. The monoisotopic (exact) mass is 476 g/mol. The van der Waals surface area contributed by atoms with Gasteiger partial charge in [0.25, 0.3) is 15.6 Å². The number of anilines is 1. The lowest BCUT2D eigenvalue weighted by molar-refractivity contribution is 0.416. The van der Waals surface area contributed by atoms with Gasteiger partial charge in [-0.3, -0.25) is 19.6 Å². The van der Waals surface area contributed by atoms with Crippen LogP contribution < -0.4 is 15.0 Å². The Kier molecular flexibility index (Phi) is 6.38. The van der Waals surface area contributed by atoms with Gasteiger partial charge in [0, 0.05) is 17.6 Å². The summed E-state index contributed by atoms with van der Waals surface area (Å²) in [6.45, 7) is 3.69. The number of sulfonamides is 1. The summed E-state index contributed by atoms with van der Waals surface area (Å²) in [4.78, 5) is 17.3. The van der Waals surface area contributed by atoms with Crippen LogP contribution in [0.1, 0.15) is 16.8 Å². The standard InChI is InChI=1S/C25H24N4O4S/c1-17-9-11-19(12-10-17)28-34(31,32)21-13-14-24(33-3)23(15-21)26-16-22-18(2)27-29(25(22)30)20-7-5-4-6-8-20/h4-16,27-28H,1-3H3. The molecule has 4 rings (SSSR count). The van der Waals surface area contributed by atoms with Crippen LogP contribution in [0, 0.1) is 13.8 Å². The number of aryl methyl sites for hydroxylation is 2. The van der Waals surface area contributed by atoms with Crippen molar-refractivity contribution < 1.29 is 13.2 Å². The van der Waals surface area contributed by atoms with Gasteiger partial charge in [0.05, 0.1) is 23.3 Å². The van der Waals surface area contributed by atoms with Crippen molar-refractivity contribution in [2.75, 3.05) is 11.8 Å². The number of aliphatic imine (C=N–C) groups is 1. The van der Waals surface area contributed by atoms with Gasteiger partial charge in [-0.05, 0) is 56.3 Å². The second kappa shape index (κ2) is 9.40. The van der Waals surface area contributed by atoms with Crippen molar-refractivity contribution in [3.8, 4) is 11.4 Å². The van der Waals surface area contributed by atoms with Crippen LogP contribution >= 0.6 is 0 Å². The van der Waals surface area contributed by atoms with E-state index in [9.17, 15) is 13.2 Å². The first-order valence-electron chi connectivity index (χ1n) is 10.5. The van der Waals surface area contributed by atoms with Gasteiger partial charge in [-0.1, -0.05) is 35.9 Å². The van der Waals surface area contributed by atoms with Gasteiger partial charge in [0.15, 0.2) is 0 Å². The molecule has 0 aliphatic heterocycles. The molecule has 0 atom stereocenters. The summed E-state index contributed by atoms with van der Waals surface area (Å²) in [5.74, 6) is 0.377. The molecule has 4 aromatic rings. The van der Waals surface area contributed by atoms with Crippen molar-refractivity contribution in [1.29, 1.82) is 0 Å². The number of hydrogen-bond donors (Lipinski definition) is 2. The lowest BCUT2D eigenvalue weighted by Gasteiger charge is -2.10. The topological polar surface area (TPSA) is 106 Å². The molecule has 0 spiro atoms. The van der Waals surface area contributed by atoms with E-state index in [-0.39, 0.29) is 16.1 Å². The molecular weight excluding hydrogens is 452 g/mol. The molecule has 0 aliphatic rings. The van der Waals surface area contributed by atoms with Gasteiger partial charge in [0.2, 0.25) is 0 Å². The molecule has 3 aromatic carbocycles. The molecule has 0 unspecified atom stereocenters. The average Bonchev–Trinajstić information content (AvgIpc) is 3.12. The number of ether oxygens (including phenoxy) is 1. The summed E-state index contributed by atoms with van der Waals surface area (Å²) in [5.41, 5.74) is 3.17. The first kappa shape index (κ1) is 23.1. The van der Waals surface area contributed by atoms with E-state index < -0.39 is 10.0 Å². The van der Waals surface area contributed by atoms with Gasteiger partial charge in [-0.2, -0.15) is 0 Å².